The number of aromatic nitrogens is 3. The van der Waals surface area contributed by atoms with E-state index in [9.17, 15) is 14.4 Å². The number of fused-ring (bicyclic) bond motifs is 3. The van der Waals surface area contributed by atoms with Gasteiger partial charge in [-0.2, -0.15) is 0 Å². The van der Waals surface area contributed by atoms with E-state index in [-0.39, 0.29) is 24.4 Å². The van der Waals surface area contributed by atoms with E-state index in [2.05, 4.69) is 20.3 Å². The number of aromatic amines is 1. The van der Waals surface area contributed by atoms with Crippen molar-refractivity contribution in [3.63, 3.8) is 0 Å². The Labute approximate surface area is 168 Å². The molecule has 4 N–H and O–H groups in total. The molecule has 0 aromatic carbocycles. The number of nitrogens with one attached hydrogen (secondary N) is 2. The van der Waals surface area contributed by atoms with Crippen LogP contribution in [0.15, 0.2) is 11.0 Å². The molecule has 0 unspecified atom stereocenters. The number of hydrogen-bond donors (Lipinski definition) is 3. The summed E-state index contributed by atoms with van der Waals surface area (Å²) in [6, 6.07) is 0. The lowest BCUT2D eigenvalue weighted by molar-refractivity contribution is -0.121. The van der Waals surface area contributed by atoms with Gasteiger partial charge in [0.2, 0.25) is 5.91 Å². The lowest BCUT2D eigenvalue weighted by Gasteiger charge is -2.09. The zero-order chi connectivity index (χ0) is 19.7. The van der Waals surface area contributed by atoms with Crippen molar-refractivity contribution >= 4 is 44.7 Å². The average molecular weight is 418 g/mol. The third-order valence-corrected chi connectivity index (χ3v) is 6.89. The number of carbonyl (C=O) groups is 2. The van der Waals surface area contributed by atoms with Gasteiger partial charge in [-0.15, -0.1) is 22.7 Å². The van der Waals surface area contributed by atoms with Gasteiger partial charge in [-0.3, -0.25) is 14.4 Å². The zero-order valence-corrected chi connectivity index (χ0v) is 16.7. The zero-order valence-electron chi connectivity index (χ0n) is 15.0. The Balaban J connectivity index is 1.38. The number of thiazole rings is 1. The monoisotopic (exact) mass is 417 g/mol. The Morgan fingerprint density at radius 2 is 2.07 bits per heavy atom. The van der Waals surface area contributed by atoms with Crippen molar-refractivity contribution in [1.82, 2.24) is 20.3 Å². The van der Waals surface area contributed by atoms with Gasteiger partial charge in [0.1, 0.15) is 20.5 Å². The molecule has 3 aromatic heterocycles. The van der Waals surface area contributed by atoms with Gasteiger partial charge in [0.25, 0.3) is 11.5 Å². The molecule has 3 aromatic rings. The van der Waals surface area contributed by atoms with E-state index in [1.807, 2.05) is 0 Å². The van der Waals surface area contributed by atoms with Gasteiger partial charge in [-0.25, -0.2) is 9.97 Å². The summed E-state index contributed by atoms with van der Waals surface area (Å²) in [7, 11) is 0. The lowest BCUT2D eigenvalue weighted by atomic mass is 9.97. The van der Waals surface area contributed by atoms with Crippen LogP contribution in [-0.2, 0) is 30.6 Å². The molecule has 28 heavy (non-hydrogen) atoms. The summed E-state index contributed by atoms with van der Waals surface area (Å²) < 4.78 is 0. The molecular formula is C18H19N5O3S2. The van der Waals surface area contributed by atoms with E-state index in [4.69, 9.17) is 5.73 Å². The van der Waals surface area contributed by atoms with Crippen molar-refractivity contribution in [3.8, 4) is 0 Å². The summed E-state index contributed by atoms with van der Waals surface area (Å²) in [4.78, 5) is 49.5. The van der Waals surface area contributed by atoms with Crippen LogP contribution in [0.5, 0.6) is 0 Å². The molecule has 1 aliphatic carbocycles. The molecule has 0 atom stereocenters. The molecule has 8 nitrogen and oxygen atoms in total. The first kappa shape index (κ1) is 18.8. The van der Waals surface area contributed by atoms with E-state index in [0.29, 0.717) is 22.1 Å². The smallest absolute Gasteiger partial charge is 0.260 e. The van der Waals surface area contributed by atoms with E-state index in [1.165, 1.54) is 11.1 Å². The van der Waals surface area contributed by atoms with Crippen molar-refractivity contribution in [2.45, 2.75) is 45.1 Å². The van der Waals surface area contributed by atoms with Gasteiger partial charge >= 0.3 is 0 Å². The number of aryl methyl sites for hydroxylation is 3. The molecule has 0 fully saturated rings. The van der Waals surface area contributed by atoms with Crippen molar-refractivity contribution in [2.24, 2.45) is 5.73 Å². The van der Waals surface area contributed by atoms with Gasteiger partial charge in [0, 0.05) is 17.7 Å². The molecule has 4 rings (SSSR count). The minimum Gasteiger partial charge on any atom is -0.365 e. The van der Waals surface area contributed by atoms with E-state index in [0.717, 1.165) is 52.8 Å². The van der Waals surface area contributed by atoms with E-state index >= 15 is 0 Å². The second-order valence-electron chi connectivity index (χ2n) is 6.66. The quantitative estimate of drug-likeness (QED) is 0.561. The largest absolute Gasteiger partial charge is 0.365 e. The van der Waals surface area contributed by atoms with Crippen molar-refractivity contribution < 1.29 is 9.59 Å². The van der Waals surface area contributed by atoms with E-state index in [1.54, 1.807) is 11.3 Å². The standard InChI is InChI=1S/C18H19N5O3S2/c19-16(25)11-7-21-14(27-11)8-20-13(24)6-5-12-22-17(26)15-9-3-1-2-4-10(9)28-18(15)23-12/h7H,1-6,8H2,(H2,19,25)(H,20,24)(H,22,23,26). The Bertz CT molecular complexity index is 1110. The van der Waals surface area contributed by atoms with Crippen LogP contribution in [0.1, 0.15) is 50.2 Å². The number of carbonyl (C=O) groups excluding carboxylic acids is 2. The average Bonchev–Trinajstić information content (AvgIpc) is 3.29. The number of primary amides is 1. The first-order valence-corrected chi connectivity index (χ1v) is 10.7. The highest BCUT2D eigenvalue weighted by molar-refractivity contribution is 7.18. The fourth-order valence-electron chi connectivity index (χ4n) is 3.33. The second kappa shape index (κ2) is 7.80. The fourth-order valence-corrected chi connectivity index (χ4v) is 5.32. The lowest BCUT2D eigenvalue weighted by Crippen LogP contribution is -2.23. The van der Waals surface area contributed by atoms with Crippen LogP contribution in [0, 0.1) is 0 Å². The van der Waals surface area contributed by atoms with Crippen LogP contribution in [-0.4, -0.2) is 26.8 Å². The molecule has 2 amide bonds. The molecule has 1 aliphatic rings. The number of H-pyrrole nitrogens is 1. The topological polar surface area (TPSA) is 131 Å². The highest BCUT2D eigenvalue weighted by Gasteiger charge is 2.20. The molecule has 3 heterocycles. The maximum absolute atomic E-state index is 12.5. The third-order valence-electron chi connectivity index (χ3n) is 4.70. The molecular weight excluding hydrogens is 398 g/mol. The van der Waals surface area contributed by atoms with Gasteiger partial charge in [-0.05, 0) is 31.2 Å². The van der Waals surface area contributed by atoms with Gasteiger partial charge < -0.3 is 16.0 Å². The summed E-state index contributed by atoms with van der Waals surface area (Å²) in [5.41, 5.74) is 6.23. The molecule has 0 saturated heterocycles. The Kier molecular flexibility index (Phi) is 5.23. The summed E-state index contributed by atoms with van der Waals surface area (Å²) >= 11 is 2.75. The predicted octanol–water partition coefficient (Wildman–Crippen LogP) is 1.67. The maximum atomic E-state index is 12.5. The van der Waals surface area contributed by atoms with Gasteiger partial charge in [0.15, 0.2) is 0 Å². The number of amides is 2. The molecule has 0 bridgehead atoms. The molecule has 0 saturated carbocycles. The van der Waals surface area contributed by atoms with Crippen LogP contribution < -0.4 is 16.6 Å². The minimum atomic E-state index is -0.532. The summed E-state index contributed by atoms with van der Waals surface area (Å²) in [5.74, 6) is -0.184. The number of nitrogens with zero attached hydrogens (tertiary/aromatic N) is 2. The fraction of sp³-hybridized carbons (Fsp3) is 0.389. The Morgan fingerprint density at radius 3 is 2.86 bits per heavy atom. The Hall–Kier alpha value is -2.59. The first-order valence-electron chi connectivity index (χ1n) is 9.06. The molecule has 0 aliphatic heterocycles. The highest BCUT2D eigenvalue weighted by atomic mass is 32.1. The number of thiophene rings is 1. The van der Waals surface area contributed by atoms with Crippen molar-refractivity contribution in [3.05, 3.63) is 42.7 Å². The van der Waals surface area contributed by atoms with Crippen molar-refractivity contribution in [1.29, 1.82) is 0 Å². The molecule has 10 heteroatoms. The van der Waals surface area contributed by atoms with Crippen LogP contribution >= 0.6 is 22.7 Å². The van der Waals surface area contributed by atoms with Crippen LogP contribution in [0.25, 0.3) is 10.2 Å². The summed E-state index contributed by atoms with van der Waals surface area (Å²) in [6.45, 7) is 0.234. The van der Waals surface area contributed by atoms with Crippen LogP contribution in [0.2, 0.25) is 0 Å². The maximum Gasteiger partial charge on any atom is 0.260 e. The molecule has 0 radical (unpaired) electrons. The van der Waals surface area contributed by atoms with Crippen LogP contribution in [0.4, 0.5) is 0 Å². The SMILES string of the molecule is NC(=O)c1cnc(CNC(=O)CCc2nc3sc4c(c3c(=O)[nH]2)CCCC4)s1. The van der Waals surface area contributed by atoms with Gasteiger partial charge in [0.05, 0.1) is 18.1 Å². The summed E-state index contributed by atoms with van der Waals surface area (Å²) in [6.07, 6.45) is 6.18. The highest BCUT2D eigenvalue weighted by Crippen LogP contribution is 2.33. The number of hydrogen-bond acceptors (Lipinski definition) is 7. The van der Waals surface area contributed by atoms with Crippen LogP contribution in [0.3, 0.4) is 0 Å². The molecule has 146 valence electrons. The predicted molar refractivity (Wildman–Crippen MR) is 108 cm³/mol. The molecule has 0 spiro atoms. The normalized spacial score (nSPS) is 13.4. The van der Waals surface area contributed by atoms with E-state index < -0.39 is 5.91 Å². The second-order valence-corrected chi connectivity index (χ2v) is 8.86. The Morgan fingerprint density at radius 1 is 1.25 bits per heavy atom. The third kappa shape index (κ3) is 3.83. The van der Waals surface area contributed by atoms with Crippen molar-refractivity contribution in [2.75, 3.05) is 0 Å². The van der Waals surface area contributed by atoms with Gasteiger partial charge in [-0.1, -0.05) is 0 Å². The number of rotatable bonds is 6. The summed E-state index contributed by atoms with van der Waals surface area (Å²) in [5, 5.41) is 4.09. The number of nitrogens with two attached hydrogens (primary N) is 1. The minimum absolute atomic E-state index is 0.110. The first-order chi connectivity index (χ1) is 13.5.